The molecule has 152 valence electrons. The van der Waals surface area contributed by atoms with Crippen molar-refractivity contribution in [1.82, 2.24) is 4.90 Å². The molecule has 0 atom stereocenters. The number of Topliss-reactive ketones (excluding diaryl/α,β-unsaturated/α-hetero) is 1. The van der Waals surface area contributed by atoms with Crippen LogP contribution in [-0.2, 0) is 4.79 Å². The lowest BCUT2D eigenvalue weighted by Gasteiger charge is -2.44. The van der Waals surface area contributed by atoms with Gasteiger partial charge in [0.25, 0.3) is 0 Å². The lowest BCUT2D eigenvalue weighted by molar-refractivity contribution is -0.135. The summed E-state index contributed by atoms with van der Waals surface area (Å²) in [5.41, 5.74) is 0.00934. The summed E-state index contributed by atoms with van der Waals surface area (Å²) in [6.45, 7) is 1.44. The largest absolute Gasteiger partial charge is 0.493 e. The molecule has 2 aliphatic rings. The third-order valence-corrected chi connectivity index (χ3v) is 5.96. The molecule has 0 aromatic heterocycles. The topological polar surface area (TPSA) is 55.8 Å². The van der Waals surface area contributed by atoms with Gasteiger partial charge in [-0.25, -0.2) is 0 Å². The van der Waals surface area contributed by atoms with E-state index in [-0.39, 0.29) is 11.7 Å². The van der Waals surface area contributed by atoms with E-state index in [4.69, 9.17) is 32.7 Å². The molecule has 2 heterocycles. The van der Waals surface area contributed by atoms with Crippen LogP contribution in [0.4, 0.5) is 0 Å². The van der Waals surface area contributed by atoms with E-state index in [0.717, 1.165) is 0 Å². The van der Waals surface area contributed by atoms with Crippen molar-refractivity contribution >= 4 is 34.9 Å². The summed E-state index contributed by atoms with van der Waals surface area (Å²) in [5.74, 6) is 1.36. The van der Waals surface area contributed by atoms with Gasteiger partial charge in [-0.15, -0.1) is 0 Å². The number of ether oxygens (including phenoxy) is 2. The summed E-state index contributed by atoms with van der Waals surface area (Å²) in [4.78, 5) is 26.9. The Morgan fingerprint density at radius 1 is 1.07 bits per heavy atom. The smallest absolute Gasteiger partial charge is 0.226 e. The molecule has 1 fully saturated rings. The maximum atomic E-state index is 12.6. The van der Waals surface area contributed by atoms with Crippen molar-refractivity contribution in [2.75, 3.05) is 19.7 Å². The van der Waals surface area contributed by atoms with Crippen LogP contribution >= 0.6 is 23.2 Å². The number of hydrogen-bond donors (Lipinski definition) is 0. The molecule has 7 heteroatoms. The van der Waals surface area contributed by atoms with Crippen molar-refractivity contribution in [3.05, 3.63) is 58.1 Å². The number of halogens is 2. The Morgan fingerprint density at radius 3 is 2.48 bits per heavy atom. The van der Waals surface area contributed by atoms with E-state index in [1.165, 1.54) is 0 Å². The van der Waals surface area contributed by atoms with Gasteiger partial charge in [0.1, 0.15) is 17.1 Å². The Hall–Kier alpha value is -2.24. The van der Waals surface area contributed by atoms with E-state index in [1.54, 1.807) is 42.5 Å². The highest BCUT2D eigenvalue weighted by atomic mass is 35.5. The van der Waals surface area contributed by atoms with Crippen molar-refractivity contribution in [2.24, 2.45) is 0 Å². The van der Waals surface area contributed by atoms with Crippen LogP contribution in [0, 0.1) is 0 Å². The summed E-state index contributed by atoms with van der Waals surface area (Å²) in [7, 11) is 0. The fraction of sp³-hybridized carbons (Fsp3) is 0.364. The van der Waals surface area contributed by atoms with Crippen molar-refractivity contribution in [1.29, 1.82) is 0 Å². The first kappa shape index (κ1) is 20.0. The van der Waals surface area contributed by atoms with Crippen molar-refractivity contribution in [3.8, 4) is 11.5 Å². The Kier molecular flexibility index (Phi) is 5.70. The predicted octanol–water partition coefficient (Wildman–Crippen LogP) is 4.79. The monoisotopic (exact) mass is 433 g/mol. The van der Waals surface area contributed by atoms with Gasteiger partial charge in [-0.1, -0.05) is 23.2 Å². The predicted molar refractivity (Wildman–Crippen MR) is 111 cm³/mol. The second-order valence-electron chi connectivity index (χ2n) is 7.46. The van der Waals surface area contributed by atoms with E-state index in [2.05, 4.69) is 0 Å². The number of nitrogens with zero attached hydrogens (tertiary/aromatic N) is 1. The maximum absolute atomic E-state index is 12.6. The number of hydrogen-bond acceptors (Lipinski definition) is 4. The molecule has 1 spiro atoms. The summed E-state index contributed by atoms with van der Waals surface area (Å²) in [5, 5.41) is 1.17. The minimum Gasteiger partial charge on any atom is -0.493 e. The van der Waals surface area contributed by atoms with E-state index in [1.807, 2.05) is 4.90 Å². The maximum Gasteiger partial charge on any atom is 0.226 e. The Morgan fingerprint density at radius 2 is 1.76 bits per heavy atom. The molecule has 0 N–H and O–H groups in total. The van der Waals surface area contributed by atoms with Crippen molar-refractivity contribution in [3.63, 3.8) is 0 Å². The molecule has 0 bridgehead atoms. The van der Waals surface area contributed by atoms with Crippen LogP contribution in [0.25, 0.3) is 0 Å². The lowest BCUT2D eigenvalue weighted by Crippen LogP contribution is -2.52. The quantitative estimate of drug-likeness (QED) is 0.695. The molecule has 0 saturated carbocycles. The normalized spacial score (nSPS) is 17.6. The van der Waals surface area contributed by atoms with Gasteiger partial charge >= 0.3 is 0 Å². The average Bonchev–Trinajstić information content (AvgIpc) is 2.71. The molecular weight excluding hydrogens is 413 g/mol. The molecule has 0 aliphatic carbocycles. The number of rotatable bonds is 4. The Balaban J connectivity index is 1.30. The molecule has 2 aliphatic heterocycles. The first-order valence-electron chi connectivity index (χ1n) is 9.62. The molecule has 4 rings (SSSR count). The SMILES string of the molecule is O=C1CC2(CCN(C(=O)CCOc3ccc(Cl)cc3)CC2)Oc2ccc(Cl)cc21. The van der Waals surface area contributed by atoms with Gasteiger partial charge in [-0.05, 0) is 42.5 Å². The Bertz CT molecular complexity index is 921. The number of carbonyl (C=O) groups excluding carboxylic acids is 2. The number of likely N-dealkylation sites (tertiary alicyclic amines) is 1. The summed E-state index contributed by atoms with van der Waals surface area (Å²) >= 11 is 11.8. The minimum absolute atomic E-state index is 0.0446. The molecule has 2 aromatic carbocycles. The third-order valence-electron chi connectivity index (χ3n) is 5.48. The van der Waals surface area contributed by atoms with E-state index in [9.17, 15) is 9.59 Å². The summed E-state index contributed by atoms with van der Waals surface area (Å²) in [6, 6.07) is 12.2. The third kappa shape index (κ3) is 4.51. The van der Waals surface area contributed by atoms with Gasteiger partial charge in [-0.3, -0.25) is 9.59 Å². The van der Waals surface area contributed by atoms with Crippen LogP contribution in [0.1, 0.15) is 36.0 Å². The number of fused-ring (bicyclic) bond motifs is 1. The first-order chi connectivity index (χ1) is 13.9. The van der Waals surface area contributed by atoms with Crippen LogP contribution in [-0.4, -0.2) is 41.9 Å². The van der Waals surface area contributed by atoms with Crippen LogP contribution < -0.4 is 9.47 Å². The molecule has 29 heavy (non-hydrogen) atoms. The van der Waals surface area contributed by atoms with Gasteiger partial charge in [0.15, 0.2) is 5.78 Å². The summed E-state index contributed by atoms with van der Waals surface area (Å²) < 4.78 is 11.8. The minimum atomic E-state index is -0.533. The molecule has 0 radical (unpaired) electrons. The highest BCUT2D eigenvalue weighted by Crippen LogP contribution is 2.40. The average molecular weight is 434 g/mol. The van der Waals surface area contributed by atoms with Gasteiger partial charge in [0.2, 0.25) is 5.91 Å². The molecule has 5 nitrogen and oxygen atoms in total. The number of carbonyl (C=O) groups is 2. The van der Waals surface area contributed by atoms with E-state index < -0.39 is 5.60 Å². The zero-order valence-corrected chi connectivity index (χ0v) is 17.3. The van der Waals surface area contributed by atoms with Gasteiger partial charge in [0, 0.05) is 36.0 Å². The number of benzene rings is 2. The van der Waals surface area contributed by atoms with Crippen LogP contribution in [0.2, 0.25) is 10.0 Å². The van der Waals surface area contributed by atoms with E-state index >= 15 is 0 Å². The molecular formula is C22H21Cl2NO4. The molecule has 0 unspecified atom stereocenters. The molecule has 1 saturated heterocycles. The number of ketones is 1. The fourth-order valence-corrected chi connectivity index (χ4v) is 4.15. The van der Waals surface area contributed by atoms with Gasteiger partial charge in [-0.2, -0.15) is 0 Å². The van der Waals surface area contributed by atoms with Crippen molar-refractivity contribution in [2.45, 2.75) is 31.3 Å². The van der Waals surface area contributed by atoms with E-state index in [0.29, 0.717) is 72.5 Å². The highest BCUT2D eigenvalue weighted by Gasteiger charge is 2.43. The van der Waals surface area contributed by atoms with Crippen molar-refractivity contribution < 1.29 is 19.1 Å². The number of piperidine rings is 1. The molecule has 2 aromatic rings. The van der Waals surface area contributed by atoms with Crippen LogP contribution in [0.3, 0.4) is 0 Å². The standard InChI is InChI=1S/C22H21Cl2NO4/c23-15-1-4-17(5-2-15)28-12-7-21(27)25-10-8-22(9-11-25)14-19(26)18-13-16(24)3-6-20(18)29-22/h1-6,13H,7-12,14H2. The van der Waals surface area contributed by atoms with Gasteiger partial charge < -0.3 is 14.4 Å². The zero-order valence-electron chi connectivity index (χ0n) is 15.8. The highest BCUT2D eigenvalue weighted by molar-refractivity contribution is 6.31. The molecule has 1 amide bonds. The van der Waals surface area contributed by atoms with Crippen LogP contribution in [0.5, 0.6) is 11.5 Å². The number of amides is 1. The van der Waals surface area contributed by atoms with Gasteiger partial charge in [0.05, 0.1) is 25.0 Å². The second kappa shape index (κ2) is 8.25. The first-order valence-corrected chi connectivity index (χ1v) is 10.4. The second-order valence-corrected chi connectivity index (χ2v) is 8.33. The fourth-order valence-electron chi connectivity index (χ4n) is 3.85. The lowest BCUT2D eigenvalue weighted by atomic mass is 9.82. The summed E-state index contributed by atoms with van der Waals surface area (Å²) in [6.07, 6.45) is 1.88. The van der Waals surface area contributed by atoms with Crippen LogP contribution in [0.15, 0.2) is 42.5 Å². The Labute approximate surface area is 179 Å². The zero-order chi connectivity index (χ0) is 20.4.